The summed E-state index contributed by atoms with van der Waals surface area (Å²) in [6.07, 6.45) is 1.64. The van der Waals surface area contributed by atoms with E-state index in [4.69, 9.17) is 0 Å². The van der Waals surface area contributed by atoms with E-state index in [-0.39, 0.29) is 35.2 Å². The van der Waals surface area contributed by atoms with Crippen LogP contribution in [0, 0.1) is 29.3 Å². The standard InChI is InChI=1S/C24H24F3N3O2/c1-24(14-8-13(9-14)22(31)29-19-6-7-28-23(19)32)17-10-16(26)11-18(27)20(17)30-21(24)12-2-4-15(25)5-3-12/h2-5,10-11,13-14,19,21,30H,6-9H2,1H3,(H,28,32)(H,29,31)/t13-,14-,19-,21?,24?/m1/s1. The Balaban J connectivity index is 1.42. The van der Waals surface area contributed by atoms with Gasteiger partial charge in [0.2, 0.25) is 11.8 Å². The number of carbonyl (C=O) groups excluding carboxylic acids is 2. The van der Waals surface area contributed by atoms with Gasteiger partial charge in [0.25, 0.3) is 0 Å². The van der Waals surface area contributed by atoms with Crippen molar-refractivity contribution in [2.24, 2.45) is 11.8 Å². The molecule has 2 aromatic rings. The highest BCUT2D eigenvalue weighted by atomic mass is 19.1. The quantitative estimate of drug-likeness (QED) is 0.677. The highest BCUT2D eigenvalue weighted by Gasteiger charge is 2.55. The fourth-order valence-corrected chi connectivity index (χ4v) is 5.48. The van der Waals surface area contributed by atoms with E-state index in [1.54, 1.807) is 12.1 Å². The van der Waals surface area contributed by atoms with Crippen LogP contribution < -0.4 is 16.0 Å². The molecule has 0 aromatic heterocycles. The maximum atomic E-state index is 14.6. The summed E-state index contributed by atoms with van der Waals surface area (Å²) >= 11 is 0. The van der Waals surface area contributed by atoms with Crippen LogP contribution in [0.25, 0.3) is 0 Å². The van der Waals surface area contributed by atoms with Crippen LogP contribution in [0.4, 0.5) is 18.9 Å². The fraction of sp³-hybridized carbons (Fsp3) is 0.417. The highest BCUT2D eigenvalue weighted by molar-refractivity contribution is 5.90. The van der Waals surface area contributed by atoms with Crippen molar-refractivity contribution in [2.45, 2.75) is 43.7 Å². The van der Waals surface area contributed by atoms with Gasteiger partial charge in [-0.25, -0.2) is 13.2 Å². The molecule has 1 aliphatic carbocycles. The number of hydrogen-bond donors (Lipinski definition) is 3. The molecule has 2 heterocycles. The minimum absolute atomic E-state index is 0.0272. The topological polar surface area (TPSA) is 70.2 Å². The van der Waals surface area contributed by atoms with Crippen LogP contribution in [0.15, 0.2) is 36.4 Å². The molecule has 3 atom stereocenters. The maximum absolute atomic E-state index is 14.6. The SMILES string of the molecule is CC1([C@H]2C[C@H](C(=O)N[C@@H]3CCNC3=O)C2)c2cc(F)cc(F)c2NC1c1ccc(F)cc1. The van der Waals surface area contributed by atoms with E-state index >= 15 is 0 Å². The molecule has 168 valence electrons. The van der Waals surface area contributed by atoms with E-state index in [1.165, 1.54) is 18.2 Å². The molecule has 5 rings (SSSR count). The van der Waals surface area contributed by atoms with Crippen molar-refractivity contribution in [1.82, 2.24) is 10.6 Å². The van der Waals surface area contributed by atoms with Crippen molar-refractivity contribution in [3.63, 3.8) is 0 Å². The molecule has 0 radical (unpaired) electrons. The van der Waals surface area contributed by atoms with Crippen LogP contribution in [0.5, 0.6) is 0 Å². The monoisotopic (exact) mass is 443 g/mol. The summed E-state index contributed by atoms with van der Waals surface area (Å²) in [7, 11) is 0. The summed E-state index contributed by atoms with van der Waals surface area (Å²) in [5.74, 6) is -2.33. The van der Waals surface area contributed by atoms with Crippen LogP contribution in [0.2, 0.25) is 0 Å². The number of carbonyl (C=O) groups is 2. The normalized spacial score (nSPS) is 30.8. The molecule has 2 unspecified atom stereocenters. The predicted molar refractivity (Wildman–Crippen MR) is 112 cm³/mol. The smallest absolute Gasteiger partial charge is 0.242 e. The lowest BCUT2D eigenvalue weighted by Gasteiger charge is -2.48. The Morgan fingerprint density at radius 3 is 2.47 bits per heavy atom. The summed E-state index contributed by atoms with van der Waals surface area (Å²) in [6.45, 7) is 2.50. The molecule has 2 aliphatic heterocycles. The largest absolute Gasteiger partial charge is 0.375 e. The molecule has 1 saturated carbocycles. The maximum Gasteiger partial charge on any atom is 0.242 e. The molecular formula is C24H24F3N3O2. The number of fused-ring (bicyclic) bond motifs is 1. The zero-order valence-electron chi connectivity index (χ0n) is 17.6. The van der Waals surface area contributed by atoms with E-state index in [9.17, 15) is 22.8 Å². The Morgan fingerprint density at radius 1 is 1.09 bits per heavy atom. The van der Waals surface area contributed by atoms with Gasteiger partial charge in [-0.15, -0.1) is 0 Å². The van der Waals surface area contributed by atoms with Gasteiger partial charge in [0.05, 0.1) is 11.7 Å². The first kappa shape index (κ1) is 20.8. The van der Waals surface area contributed by atoms with E-state index < -0.39 is 29.1 Å². The van der Waals surface area contributed by atoms with Gasteiger partial charge in [-0.2, -0.15) is 0 Å². The average Bonchev–Trinajstić information content (AvgIpc) is 3.23. The van der Waals surface area contributed by atoms with E-state index in [1.807, 2.05) is 6.92 Å². The zero-order valence-corrected chi connectivity index (χ0v) is 17.6. The van der Waals surface area contributed by atoms with Crippen molar-refractivity contribution < 1.29 is 22.8 Å². The molecule has 2 amide bonds. The average molecular weight is 443 g/mol. The van der Waals surface area contributed by atoms with Gasteiger partial charge in [0.1, 0.15) is 23.5 Å². The van der Waals surface area contributed by atoms with Crippen molar-refractivity contribution in [3.05, 3.63) is 65.0 Å². The van der Waals surface area contributed by atoms with Crippen LogP contribution in [-0.4, -0.2) is 24.4 Å². The van der Waals surface area contributed by atoms with Crippen molar-refractivity contribution in [2.75, 3.05) is 11.9 Å². The molecule has 8 heteroatoms. The molecule has 5 nitrogen and oxygen atoms in total. The van der Waals surface area contributed by atoms with Gasteiger partial charge in [-0.3, -0.25) is 9.59 Å². The van der Waals surface area contributed by atoms with Crippen molar-refractivity contribution >= 4 is 17.5 Å². The third kappa shape index (κ3) is 3.24. The van der Waals surface area contributed by atoms with Crippen molar-refractivity contribution in [1.29, 1.82) is 0 Å². The summed E-state index contributed by atoms with van der Waals surface area (Å²) in [4.78, 5) is 24.4. The Hall–Kier alpha value is -3.03. The Labute approximate surface area is 183 Å². The first-order valence-corrected chi connectivity index (χ1v) is 10.9. The molecule has 1 saturated heterocycles. The van der Waals surface area contributed by atoms with Crippen molar-refractivity contribution in [3.8, 4) is 0 Å². The van der Waals surface area contributed by atoms with Crippen LogP contribution in [0.3, 0.4) is 0 Å². The number of amides is 2. The molecule has 0 spiro atoms. The first-order valence-electron chi connectivity index (χ1n) is 10.9. The van der Waals surface area contributed by atoms with Gasteiger partial charge in [-0.1, -0.05) is 19.1 Å². The molecular weight excluding hydrogens is 419 g/mol. The zero-order chi connectivity index (χ0) is 22.6. The Bertz CT molecular complexity index is 1080. The Kier molecular flexibility index (Phi) is 4.91. The second-order valence-corrected chi connectivity index (χ2v) is 9.23. The minimum Gasteiger partial charge on any atom is -0.375 e. The lowest BCUT2D eigenvalue weighted by molar-refractivity contribution is -0.133. The lowest BCUT2D eigenvalue weighted by Crippen LogP contribution is -2.51. The fourth-order valence-electron chi connectivity index (χ4n) is 5.48. The Morgan fingerprint density at radius 2 is 1.81 bits per heavy atom. The summed E-state index contributed by atoms with van der Waals surface area (Å²) in [6, 6.07) is 7.29. The van der Waals surface area contributed by atoms with Crippen LogP contribution in [-0.2, 0) is 15.0 Å². The van der Waals surface area contributed by atoms with Gasteiger partial charge in [0, 0.05) is 23.9 Å². The number of rotatable bonds is 4. The number of anilines is 1. The minimum atomic E-state index is -0.697. The highest BCUT2D eigenvalue weighted by Crippen LogP contribution is 2.59. The first-order chi connectivity index (χ1) is 15.3. The predicted octanol–water partition coefficient (Wildman–Crippen LogP) is 3.56. The summed E-state index contributed by atoms with van der Waals surface area (Å²) < 4.78 is 42.3. The molecule has 2 aromatic carbocycles. The number of benzene rings is 2. The molecule has 32 heavy (non-hydrogen) atoms. The molecule has 0 bridgehead atoms. The number of halogens is 3. The van der Waals surface area contributed by atoms with Gasteiger partial charge in [0.15, 0.2) is 0 Å². The number of nitrogens with one attached hydrogen (secondary N) is 3. The molecule has 2 fully saturated rings. The third-order valence-electron chi connectivity index (χ3n) is 7.45. The van der Waals surface area contributed by atoms with Gasteiger partial charge < -0.3 is 16.0 Å². The second kappa shape index (κ2) is 7.53. The molecule has 3 N–H and O–H groups in total. The van der Waals surface area contributed by atoms with E-state index in [2.05, 4.69) is 16.0 Å². The lowest BCUT2D eigenvalue weighted by atomic mass is 9.56. The summed E-state index contributed by atoms with van der Waals surface area (Å²) in [5.41, 5.74) is 0.847. The third-order valence-corrected chi connectivity index (χ3v) is 7.45. The van der Waals surface area contributed by atoms with E-state index in [0.29, 0.717) is 31.4 Å². The van der Waals surface area contributed by atoms with Crippen LogP contribution >= 0.6 is 0 Å². The summed E-state index contributed by atoms with van der Waals surface area (Å²) in [5, 5.41) is 8.71. The molecule has 3 aliphatic rings. The van der Waals surface area contributed by atoms with Crippen LogP contribution in [0.1, 0.15) is 43.4 Å². The van der Waals surface area contributed by atoms with Gasteiger partial charge >= 0.3 is 0 Å². The van der Waals surface area contributed by atoms with Gasteiger partial charge in [-0.05, 0) is 54.5 Å². The van der Waals surface area contributed by atoms with E-state index in [0.717, 1.165) is 11.6 Å². The second-order valence-electron chi connectivity index (χ2n) is 9.23. The number of hydrogen-bond acceptors (Lipinski definition) is 3.